The van der Waals surface area contributed by atoms with Gasteiger partial charge in [-0.25, -0.2) is 4.98 Å². The van der Waals surface area contributed by atoms with Crippen molar-refractivity contribution in [2.24, 2.45) is 0 Å². The molecular formula is C27H29N5O2S. The molecule has 7 nitrogen and oxygen atoms in total. The molecule has 0 unspecified atom stereocenters. The zero-order chi connectivity index (χ0) is 24.2. The lowest BCUT2D eigenvalue weighted by atomic mass is 10.1. The van der Waals surface area contributed by atoms with Crippen LogP contribution in [0.2, 0.25) is 0 Å². The highest BCUT2D eigenvalue weighted by Gasteiger charge is 2.14. The SMILES string of the molecule is O=C(CCCCCn1c(=S)[nH]c2ccccc2c1=O)Nc1cccc(-c2cn3c(n2)CCCC3)c1. The number of unbranched alkanes of at least 4 members (excludes halogenated alkanes) is 2. The first kappa shape index (κ1) is 23.2. The summed E-state index contributed by atoms with van der Waals surface area (Å²) >= 11 is 5.37. The quantitative estimate of drug-likeness (QED) is 0.255. The van der Waals surface area contributed by atoms with E-state index in [2.05, 4.69) is 21.1 Å². The van der Waals surface area contributed by atoms with Gasteiger partial charge in [-0.05, 0) is 62.2 Å². The highest BCUT2D eigenvalue weighted by atomic mass is 32.1. The number of aryl methyl sites for hydroxylation is 2. The second-order valence-electron chi connectivity index (χ2n) is 9.07. The lowest BCUT2D eigenvalue weighted by molar-refractivity contribution is -0.116. The smallest absolute Gasteiger partial charge is 0.262 e. The van der Waals surface area contributed by atoms with Crippen molar-refractivity contribution < 1.29 is 4.79 Å². The number of H-pyrrole nitrogens is 1. The number of anilines is 1. The molecule has 2 aromatic carbocycles. The van der Waals surface area contributed by atoms with Crippen molar-refractivity contribution in [3.63, 3.8) is 0 Å². The summed E-state index contributed by atoms with van der Waals surface area (Å²) in [6.45, 7) is 1.57. The van der Waals surface area contributed by atoms with Gasteiger partial charge in [-0.2, -0.15) is 0 Å². The number of nitrogens with one attached hydrogen (secondary N) is 2. The normalized spacial score (nSPS) is 13.0. The summed E-state index contributed by atoms with van der Waals surface area (Å²) < 4.78 is 4.28. The number of amides is 1. The molecule has 0 spiro atoms. The molecule has 1 aliphatic rings. The molecule has 0 atom stereocenters. The molecule has 1 aliphatic heterocycles. The van der Waals surface area contributed by atoms with Crippen molar-refractivity contribution in [2.75, 3.05) is 5.32 Å². The number of carbonyl (C=O) groups is 1. The zero-order valence-electron chi connectivity index (χ0n) is 19.6. The van der Waals surface area contributed by atoms with Crippen LogP contribution in [0.1, 0.15) is 44.3 Å². The van der Waals surface area contributed by atoms with Crippen LogP contribution < -0.4 is 10.9 Å². The molecule has 2 N–H and O–H groups in total. The van der Waals surface area contributed by atoms with Crippen LogP contribution in [0.4, 0.5) is 5.69 Å². The number of para-hydroxylation sites is 1. The van der Waals surface area contributed by atoms with Crippen LogP contribution in [0.5, 0.6) is 0 Å². The van der Waals surface area contributed by atoms with Crippen LogP contribution in [-0.2, 0) is 24.3 Å². The largest absolute Gasteiger partial charge is 0.334 e. The Balaban J connectivity index is 1.12. The Morgan fingerprint density at radius 3 is 2.86 bits per heavy atom. The highest BCUT2D eigenvalue weighted by molar-refractivity contribution is 7.71. The van der Waals surface area contributed by atoms with Gasteiger partial charge in [0.05, 0.1) is 16.6 Å². The van der Waals surface area contributed by atoms with Gasteiger partial charge in [-0.1, -0.05) is 30.7 Å². The summed E-state index contributed by atoms with van der Waals surface area (Å²) in [6.07, 6.45) is 8.33. The Kier molecular flexibility index (Phi) is 6.90. The van der Waals surface area contributed by atoms with Gasteiger partial charge < -0.3 is 14.9 Å². The van der Waals surface area contributed by atoms with Crippen molar-refractivity contribution in [1.29, 1.82) is 0 Å². The van der Waals surface area contributed by atoms with Gasteiger partial charge in [0.15, 0.2) is 4.77 Å². The summed E-state index contributed by atoms with van der Waals surface area (Å²) in [5.41, 5.74) is 3.45. The van der Waals surface area contributed by atoms with Crippen LogP contribution >= 0.6 is 12.2 Å². The molecule has 0 saturated heterocycles. The highest BCUT2D eigenvalue weighted by Crippen LogP contribution is 2.25. The molecule has 8 heteroatoms. The Labute approximate surface area is 208 Å². The first-order valence-electron chi connectivity index (χ1n) is 12.3. The summed E-state index contributed by atoms with van der Waals surface area (Å²) in [7, 11) is 0. The van der Waals surface area contributed by atoms with Crippen molar-refractivity contribution in [2.45, 2.75) is 58.0 Å². The van der Waals surface area contributed by atoms with E-state index in [-0.39, 0.29) is 11.5 Å². The van der Waals surface area contributed by atoms with Gasteiger partial charge in [0.2, 0.25) is 5.91 Å². The van der Waals surface area contributed by atoms with Crippen molar-refractivity contribution in [3.8, 4) is 11.3 Å². The fraction of sp³-hybridized carbons (Fsp3) is 0.333. The third-order valence-electron chi connectivity index (χ3n) is 6.53. The molecule has 2 aromatic heterocycles. The van der Waals surface area contributed by atoms with Gasteiger partial charge in [-0.15, -0.1) is 0 Å². The van der Waals surface area contributed by atoms with E-state index in [1.54, 1.807) is 10.6 Å². The minimum atomic E-state index is -0.0689. The zero-order valence-corrected chi connectivity index (χ0v) is 20.4. The molecule has 0 aliphatic carbocycles. The molecule has 4 aromatic rings. The number of hydrogen-bond donors (Lipinski definition) is 2. The second kappa shape index (κ2) is 10.4. The van der Waals surface area contributed by atoms with Crippen LogP contribution in [0.3, 0.4) is 0 Å². The fourth-order valence-electron chi connectivity index (χ4n) is 4.67. The van der Waals surface area contributed by atoms with Gasteiger partial charge in [0.1, 0.15) is 5.82 Å². The Morgan fingerprint density at radius 1 is 1.09 bits per heavy atom. The van der Waals surface area contributed by atoms with E-state index >= 15 is 0 Å². The number of nitrogens with zero attached hydrogens (tertiary/aromatic N) is 3. The minimum absolute atomic E-state index is 0.00792. The van der Waals surface area contributed by atoms with E-state index < -0.39 is 0 Å². The molecule has 5 rings (SSSR count). The number of aromatic nitrogens is 4. The lowest BCUT2D eigenvalue weighted by Crippen LogP contribution is -2.22. The van der Waals surface area contributed by atoms with Crippen molar-refractivity contribution in [3.05, 3.63) is 75.7 Å². The van der Waals surface area contributed by atoms with Crippen LogP contribution in [-0.4, -0.2) is 25.0 Å². The number of rotatable bonds is 8. The number of hydrogen-bond acceptors (Lipinski definition) is 4. The summed E-state index contributed by atoms with van der Waals surface area (Å²) in [4.78, 5) is 33.1. The van der Waals surface area contributed by atoms with E-state index in [0.717, 1.165) is 60.5 Å². The molecule has 0 saturated carbocycles. The Hall–Kier alpha value is -3.52. The molecule has 0 fully saturated rings. The number of benzene rings is 2. The maximum atomic E-state index is 12.7. The maximum Gasteiger partial charge on any atom is 0.262 e. The van der Waals surface area contributed by atoms with Gasteiger partial charge in [-0.3, -0.25) is 14.2 Å². The van der Waals surface area contributed by atoms with Crippen LogP contribution in [0.25, 0.3) is 22.2 Å². The second-order valence-corrected chi connectivity index (χ2v) is 9.45. The molecule has 0 bridgehead atoms. The predicted octanol–water partition coefficient (Wildman–Crippen LogP) is 5.46. The fourth-order valence-corrected chi connectivity index (χ4v) is 4.95. The van der Waals surface area contributed by atoms with E-state index in [1.165, 1.54) is 12.8 Å². The number of imidazole rings is 1. The van der Waals surface area contributed by atoms with Gasteiger partial charge >= 0.3 is 0 Å². The van der Waals surface area contributed by atoms with Gasteiger partial charge in [0, 0.05) is 43.4 Å². The van der Waals surface area contributed by atoms with E-state index in [1.807, 2.05) is 42.5 Å². The summed E-state index contributed by atoms with van der Waals surface area (Å²) in [6, 6.07) is 15.3. The molecule has 35 heavy (non-hydrogen) atoms. The van der Waals surface area contributed by atoms with Gasteiger partial charge in [0.25, 0.3) is 5.56 Å². The third-order valence-corrected chi connectivity index (χ3v) is 6.85. The lowest BCUT2D eigenvalue weighted by Gasteiger charge is -2.11. The first-order valence-corrected chi connectivity index (χ1v) is 12.7. The Morgan fingerprint density at radius 2 is 1.97 bits per heavy atom. The Bertz CT molecular complexity index is 1460. The van der Waals surface area contributed by atoms with Crippen molar-refractivity contribution >= 4 is 34.7 Å². The molecule has 180 valence electrons. The molecule has 0 radical (unpaired) electrons. The van der Waals surface area contributed by atoms with Crippen LogP contribution in [0, 0.1) is 4.77 Å². The average molecular weight is 488 g/mol. The number of fused-ring (bicyclic) bond motifs is 2. The first-order chi connectivity index (χ1) is 17.1. The van der Waals surface area contributed by atoms with Crippen LogP contribution in [0.15, 0.2) is 59.5 Å². The molecule has 1 amide bonds. The maximum absolute atomic E-state index is 12.7. The molecular weight excluding hydrogens is 458 g/mol. The average Bonchev–Trinajstić information content (AvgIpc) is 3.30. The third kappa shape index (κ3) is 5.27. The summed E-state index contributed by atoms with van der Waals surface area (Å²) in [5.74, 6) is 1.14. The summed E-state index contributed by atoms with van der Waals surface area (Å²) in [5, 5.41) is 3.65. The molecule has 3 heterocycles. The number of carbonyl (C=O) groups excluding carboxylic acids is 1. The number of aromatic amines is 1. The standard InChI is InChI=1S/C27H29N5O2S/c33-25(14-2-1-6-16-32-26(34)21-11-3-4-12-22(21)30-27(32)35)28-20-10-8-9-19(17-20)23-18-31-15-7-5-13-24(31)29-23/h3-4,8-12,17-18H,1-2,5-7,13-16H2,(H,28,33)(H,30,35). The minimum Gasteiger partial charge on any atom is -0.334 e. The monoisotopic (exact) mass is 487 g/mol. The predicted molar refractivity (Wildman–Crippen MR) is 141 cm³/mol. The van der Waals surface area contributed by atoms with Crippen molar-refractivity contribution in [1.82, 2.24) is 19.1 Å². The van der Waals surface area contributed by atoms with E-state index in [4.69, 9.17) is 17.2 Å². The van der Waals surface area contributed by atoms with E-state index in [0.29, 0.717) is 23.1 Å². The topological polar surface area (TPSA) is 84.7 Å². The van der Waals surface area contributed by atoms with E-state index in [9.17, 15) is 9.59 Å².